The van der Waals surface area contributed by atoms with E-state index < -0.39 is 36.9 Å². The van der Waals surface area contributed by atoms with Crippen molar-refractivity contribution in [2.24, 2.45) is 0 Å². The minimum atomic E-state index is -1.29. The highest BCUT2D eigenvalue weighted by Crippen LogP contribution is 2.15. The molecule has 48 heavy (non-hydrogen) atoms. The summed E-state index contributed by atoms with van der Waals surface area (Å²) in [4.78, 5) is 12.4. The van der Waals surface area contributed by atoms with Crippen molar-refractivity contribution in [2.75, 3.05) is 6.61 Å². The number of unbranched alkanes of at least 4 members (excludes halogenated alkanes) is 24. The Bertz CT molecular complexity index is 727. The van der Waals surface area contributed by atoms with Gasteiger partial charge in [-0.15, -0.1) is 0 Å². The van der Waals surface area contributed by atoms with Gasteiger partial charge in [0.05, 0.1) is 18.8 Å². The summed E-state index contributed by atoms with van der Waals surface area (Å²) in [6.07, 6.45) is 41.1. The van der Waals surface area contributed by atoms with E-state index in [1.165, 1.54) is 141 Å². The number of aliphatic hydroxyl groups excluding tert-OH is 4. The van der Waals surface area contributed by atoms with Gasteiger partial charge in [-0.3, -0.25) is 4.79 Å². The molecule has 6 nitrogen and oxygen atoms in total. The zero-order valence-electron chi connectivity index (χ0n) is 31.7. The zero-order chi connectivity index (χ0) is 35.3. The van der Waals surface area contributed by atoms with E-state index in [0.717, 1.165) is 25.7 Å². The van der Waals surface area contributed by atoms with E-state index in [4.69, 9.17) is 0 Å². The van der Waals surface area contributed by atoms with Crippen molar-refractivity contribution >= 4 is 5.91 Å². The molecule has 0 fully saturated rings. The van der Waals surface area contributed by atoms with Gasteiger partial charge in [-0.2, -0.15) is 0 Å². The Morgan fingerprint density at radius 1 is 0.500 bits per heavy atom. The molecule has 0 aliphatic rings. The zero-order valence-corrected chi connectivity index (χ0v) is 31.7. The van der Waals surface area contributed by atoms with Gasteiger partial charge in [0.15, 0.2) is 0 Å². The molecular formula is C42H81NO5. The molecule has 0 aromatic carbocycles. The average molecular weight is 680 g/mol. The maximum absolute atomic E-state index is 12.4. The van der Waals surface area contributed by atoms with Crippen LogP contribution in [-0.4, -0.2) is 57.3 Å². The number of carbonyl (C=O) groups is 1. The molecule has 1 amide bonds. The molecule has 0 aliphatic carbocycles. The molecule has 0 aromatic heterocycles. The fourth-order valence-electron chi connectivity index (χ4n) is 6.29. The summed E-state index contributed by atoms with van der Waals surface area (Å²) in [7, 11) is 0. The van der Waals surface area contributed by atoms with Gasteiger partial charge in [-0.1, -0.05) is 173 Å². The average Bonchev–Trinajstić information content (AvgIpc) is 3.09. The van der Waals surface area contributed by atoms with Crippen molar-refractivity contribution in [1.82, 2.24) is 5.32 Å². The molecule has 284 valence electrons. The minimum absolute atomic E-state index is 0.278. The largest absolute Gasteiger partial charge is 0.394 e. The van der Waals surface area contributed by atoms with Gasteiger partial charge >= 0.3 is 0 Å². The topological polar surface area (TPSA) is 110 Å². The third kappa shape index (κ3) is 30.8. The molecule has 0 bridgehead atoms. The lowest BCUT2D eigenvalue weighted by molar-refractivity contribution is -0.132. The number of carbonyl (C=O) groups excluding carboxylic acids is 1. The molecule has 6 heteroatoms. The molecule has 0 radical (unpaired) electrons. The Morgan fingerprint density at radius 3 is 1.27 bits per heavy atom. The highest BCUT2D eigenvalue weighted by molar-refractivity contribution is 5.80. The molecular weight excluding hydrogens is 598 g/mol. The fraction of sp³-hybridized carbons (Fsp3) is 0.881. The van der Waals surface area contributed by atoms with Gasteiger partial charge in [0.1, 0.15) is 12.2 Å². The normalized spacial score (nSPS) is 14.5. The number of amides is 1. The van der Waals surface area contributed by atoms with Crippen LogP contribution in [-0.2, 0) is 4.79 Å². The molecule has 4 unspecified atom stereocenters. The Balaban J connectivity index is 3.70. The highest BCUT2D eigenvalue weighted by Gasteiger charge is 2.28. The van der Waals surface area contributed by atoms with Gasteiger partial charge in [0.25, 0.3) is 0 Å². The summed E-state index contributed by atoms with van der Waals surface area (Å²) in [6, 6.07) is -1.01. The third-order valence-electron chi connectivity index (χ3n) is 9.64. The standard InChI is InChI=1S/C42H81NO5/c1-3-5-7-9-11-13-14-15-16-17-18-19-20-21-22-23-24-25-26-27-28-30-31-33-35-39(45)41(47)38(37-44)43-42(48)40(46)36-34-32-29-12-10-8-6-4-2/h28-30,32,38-41,44-47H,3-27,31,33-37H2,1-2H3,(H,43,48)/b30-28+,32-29-. The van der Waals surface area contributed by atoms with Crippen LogP contribution < -0.4 is 5.32 Å². The van der Waals surface area contributed by atoms with Crippen molar-refractivity contribution in [3.05, 3.63) is 24.3 Å². The van der Waals surface area contributed by atoms with Crippen LogP contribution in [0.1, 0.15) is 206 Å². The fourth-order valence-corrected chi connectivity index (χ4v) is 6.29. The summed E-state index contributed by atoms with van der Waals surface area (Å²) in [5.41, 5.74) is 0. The first-order valence-corrected chi connectivity index (χ1v) is 20.7. The van der Waals surface area contributed by atoms with Crippen LogP contribution >= 0.6 is 0 Å². The molecule has 0 saturated heterocycles. The van der Waals surface area contributed by atoms with E-state index >= 15 is 0 Å². The number of allylic oxidation sites excluding steroid dienone is 4. The van der Waals surface area contributed by atoms with Crippen molar-refractivity contribution in [1.29, 1.82) is 0 Å². The van der Waals surface area contributed by atoms with Crippen molar-refractivity contribution in [3.63, 3.8) is 0 Å². The summed E-state index contributed by atoms with van der Waals surface area (Å²) in [5.74, 6) is -0.630. The SMILES string of the molecule is CCCCCC/C=C\CCC(O)C(=O)NC(CO)C(O)C(O)CCC/C=C/CCCCCCCCCCCCCCCCCCCCC. The highest BCUT2D eigenvalue weighted by atomic mass is 16.3. The van der Waals surface area contributed by atoms with E-state index in [2.05, 4.69) is 37.4 Å². The third-order valence-corrected chi connectivity index (χ3v) is 9.64. The Hall–Kier alpha value is -1.21. The molecule has 0 spiro atoms. The number of aliphatic hydroxyl groups is 4. The van der Waals surface area contributed by atoms with E-state index in [9.17, 15) is 25.2 Å². The molecule has 0 heterocycles. The van der Waals surface area contributed by atoms with Crippen LogP contribution in [0.2, 0.25) is 0 Å². The first-order chi connectivity index (χ1) is 23.5. The summed E-state index contributed by atoms with van der Waals surface area (Å²) in [5, 5.41) is 43.3. The van der Waals surface area contributed by atoms with Crippen LogP contribution in [0.3, 0.4) is 0 Å². The van der Waals surface area contributed by atoms with Crippen molar-refractivity contribution in [3.8, 4) is 0 Å². The number of nitrogens with one attached hydrogen (secondary N) is 1. The number of hydrogen-bond acceptors (Lipinski definition) is 5. The van der Waals surface area contributed by atoms with Crippen LogP contribution in [0.4, 0.5) is 0 Å². The Labute approximate surface area is 297 Å². The van der Waals surface area contributed by atoms with Crippen LogP contribution in [0.15, 0.2) is 24.3 Å². The van der Waals surface area contributed by atoms with E-state index in [0.29, 0.717) is 19.3 Å². The smallest absolute Gasteiger partial charge is 0.249 e. The van der Waals surface area contributed by atoms with Gasteiger partial charge < -0.3 is 25.7 Å². The second-order valence-electron chi connectivity index (χ2n) is 14.3. The molecule has 0 aliphatic heterocycles. The first kappa shape index (κ1) is 46.8. The predicted molar refractivity (Wildman–Crippen MR) is 205 cm³/mol. The van der Waals surface area contributed by atoms with Crippen LogP contribution in [0.25, 0.3) is 0 Å². The maximum Gasteiger partial charge on any atom is 0.249 e. The molecule has 0 rings (SSSR count). The lowest BCUT2D eigenvalue weighted by atomic mass is 10.00. The lowest BCUT2D eigenvalue weighted by Crippen LogP contribution is -2.53. The monoisotopic (exact) mass is 680 g/mol. The van der Waals surface area contributed by atoms with Gasteiger partial charge in [0, 0.05) is 0 Å². The summed E-state index contributed by atoms with van der Waals surface area (Å²) >= 11 is 0. The van der Waals surface area contributed by atoms with Gasteiger partial charge in [-0.05, 0) is 57.8 Å². The number of rotatable bonds is 37. The lowest BCUT2D eigenvalue weighted by Gasteiger charge is -2.27. The Kier molecular flexibility index (Phi) is 36.1. The summed E-state index contributed by atoms with van der Waals surface area (Å²) < 4.78 is 0. The molecule has 0 aromatic rings. The molecule has 0 saturated carbocycles. The van der Waals surface area contributed by atoms with E-state index in [1.54, 1.807) is 0 Å². The molecule has 4 atom stereocenters. The van der Waals surface area contributed by atoms with E-state index in [-0.39, 0.29) is 6.42 Å². The second kappa shape index (κ2) is 37.1. The van der Waals surface area contributed by atoms with Crippen molar-refractivity contribution in [2.45, 2.75) is 231 Å². The maximum atomic E-state index is 12.4. The summed E-state index contributed by atoms with van der Waals surface area (Å²) in [6.45, 7) is 3.97. The second-order valence-corrected chi connectivity index (χ2v) is 14.3. The Morgan fingerprint density at radius 2 is 0.854 bits per heavy atom. The van der Waals surface area contributed by atoms with E-state index in [1.807, 2.05) is 6.08 Å². The minimum Gasteiger partial charge on any atom is -0.394 e. The quantitative estimate of drug-likeness (QED) is 0.0332. The number of hydrogen-bond donors (Lipinski definition) is 5. The van der Waals surface area contributed by atoms with Crippen LogP contribution in [0, 0.1) is 0 Å². The molecule has 5 N–H and O–H groups in total. The van der Waals surface area contributed by atoms with Gasteiger partial charge in [0.2, 0.25) is 5.91 Å². The van der Waals surface area contributed by atoms with Crippen molar-refractivity contribution < 1.29 is 25.2 Å². The first-order valence-electron chi connectivity index (χ1n) is 20.7. The van der Waals surface area contributed by atoms with Crippen LogP contribution in [0.5, 0.6) is 0 Å². The predicted octanol–water partition coefficient (Wildman–Crippen LogP) is 10.4. The van der Waals surface area contributed by atoms with Gasteiger partial charge in [-0.25, -0.2) is 0 Å².